The highest BCUT2D eigenvalue weighted by Crippen LogP contribution is 2.30. The first-order valence-corrected chi connectivity index (χ1v) is 8.81. The van der Waals surface area contributed by atoms with E-state index in [9.17, 15) is 9.59 Å². The van der Waals surface area contributed by atoms with Gasteiger partial charge in [-0.1, -0.05) is 18.5 Å². The van der Waals surface area contributed by atoms with Gasteiger partial charge in [-0.25, -0.2) is 4.98 Å². The molecule has 0 fully saturated rings. The van der Waals surface area contributed by atoms with Crippen LogP contribution in [0.5, 0.6) is 0 Å². The van der Waals surface area contributed by atoms with Crippen LogP contribution in [0.15, 0.2) is 53.4 Å². The Kier molecular flexibility index (Phi) is 5.66. The number of oxazole rings is 1. The monoisotopic (exact) mass is 383 g/mol. The fourth-order valence-electron chi connectivity index (χ4n) is 2.60. The van der Waals surface area contributed by atoms with Crippen molar-refractivity contribution in [2.24, 2.45) is 0 Å². The second-order valence-corrected chi connectivity index (χ2v) is 6.34. The largest absolute Gasteiger partial charge is 0.449 e. The molecule has 0 spiro atoms. The zero-order valence-corrected chi connectivity index (χ0v) is 15.7. The maximum absolute atomic E-state index is 12.2. The van der Waals surface area contributed by atoms with E-state index in [1.165, 1.54) is 18.7 Å². The van der Waals surface area contributed by atoms with Gasteiger partial charge in [-0.15, -0.1) is 0 Å². The van der Waals surface area contributed by atoms with Crippen molar-refractivity contribution in [1.29, 1.82) is 0 Å². The van der Waals surface area contributed by atoms with E-state index in [4.69, 9.17) is 16.0 Å². The number of amides is 1. The van der Waals surface area contributed by atoms with Crippen LogP contribution in [0.3, 0.4) is 0 Å². The Hall–Kier alpha value is -2.99. The van der Waals surface area contributed by atoms with Crippen molar-refractivity contribution in [2.75, 3.05) is 11.9 Å². The zero-order valence-electron chi connectivity index (χ0n) is 15.0. The number of rotatable bonds is 6. The summed E-state index contributed by atoms with van der Waals surface area (Å²) in [7, 11) is 1.71. The molecule has 0 N–H and O–H groups in total. The molecule has 0 bridgehead atoms. The highest BCUT2D eigenvalue weighted by atomic mass is 35.5. The molecule has 138 valence electrons. The number of nitrogens with zero attached hydrogens (tertiary/aromatic N) is 3. The lowest BCUT2D eigenvalue weighted by Gasteiger charge is -2.17. The number of hydrogen-bond acceptors (Lipinski definition) is 5. The summed E-state index contributed by atoms with van der Waals surface area (Å²) in [6.07, 6.45) is 4.95. The summed E-state index contributed by atoms with van der Waals surface area (Å²) < 4.78 is 5.09. The van der Waals surface area contributed by atoms with Crippen molar-refractivity contribution in [2.45, 2.75) is 19.8 Å². The third-order valence-corrected chi connectivity index (χ3v) is 4.49. The van der Waals surface area contributed by atoms with E-state index in [2.05, 4.69) is 9.97 Å². The fourth-order valence-corrected chi connectivity index (χ4v) is 2.87. The summed E-state index contributed by atoms with van der Waals surface area (Å²) in [4.78, 5) is 33.9. The van der Waals surface area contributed by atoms with E-state index in [0.29, 0.717) is 34.3 Å². The molecule has 0 aliphatic carbocycles. The molecular formula is C20H18ClN3O3. The molecule has 1 amide bonds. The van der Waals surface area contributed by atoms with Crippen molar-refractivity contribution in [3.8, 4) is 11.3 Å². The van der Waals surface area contributed by atoms with Crippen LogP contribution in [0, 0.1) is 0 Å². The summed E-state index contributed by atoms with van der Waals surface area (Å²) in [5.74, 6) is 0.247. The summed E-state index contributed by atoms with van der Waals surface area (Å²) >= 11 is 6.39. The number of carbonyl (C=O) groups excluding carboxylic acids is 2. The zero-order chi connectivity index (χ0) is 19.4. The highest BCUT2D eigenvalue weighted by Gasteiger charge is 2.14. The quantitative estimate of drug-likeness (QED) is 0.596. The number of halogens is 1. The van der Waals surface area contributed by atoms with Gasteiger partial charge in [-0.2, -0.15) is 0 Å². The highest BCUT2D eigenvalue weighted by molar-refractivity contribution is 6.33. The Bertz CT molecular complexity index is 953. The molecule has 3 aromatic rings. The molecular weight excluding hydrogens is 366 g/mol. The number of carbonyl (C=O) groups is 2. The van der Waals surface area contributed by atoms with Gasteiger partial charge in [0.2, 0.25) is 11.8 Å². The molecule has 2 aromatic heterocycles. The molecule has 1 aromatic carbocycles. The predicted octanol–water partition coefficient (Wildman–Crippen LogP) is 4.19. The number of pyridine rings is 1. The number of aromatic nitrogens is 2. The standard InChI is InChI=1S/C20H18ClN3O3/c1-3-20(26)24(2)14-5-6-15(16(21)10-14)17-7-4-13(12-23-17)18(25)11-19-22-8-9-27-19/h4-10,12H,3,11H2,1-2H3. The smallest absolute Gasteiger partial charge is 0.226 e. The average Bonchev–Trinajstić information content (AvgIpc) is 3.19. The van der Waals surface area contributed by atoms with Crippen molar-refractivity contribution in [3.05, 3.63) is 65.5 Å². The second-order valence-electron chi connectivity index (χ2n) is 5.93. The summed E-state index contributed by atoms with van der Waals surface area (Å²) in [5, 5.41) is 0.481. The average molecular weight is 384 g/mol. The van der Waals surface area contributed by atoms with Crippen LogP contribution in [-0.2, 0) is 11.2 Å². The lowest BCUT2D eigenvalue weighted by atomic mass is 10.1. The maximum atomic E-state index is 12.2. The van der Waals surface area contributed by atoms with E-state index in [0.717, 1.165) is 5.56 Å². The molecule has 6 nitrogen and oxygen atoms in total. The number of hydrogen-bond donors (Lipinski definition) is 0. The van der Waals surface area contributed by atoms with Gasteiger partial charge in [-0.3, -0.25) is 14.6 Å². The molecule has 3 rings (SSSR count). The van der Waals surface area contributed by atoms with Gasteiger partial charge in [0, 0.05) is 36.5 Å². The normalized spacial score (nSPS) is 10.6. The third-order valence-electron chi connectivity index (χ3n) is 4.17. The lowest BCUT2D eigenvalue weighted by Crippen LogP contribution is -2.24. The number of ketones is 1. The van der Waals surface area contributed by atoms with Gasteiger partial charge >= 0.3 is 0 Å². The molecule has 0 saturated heterocycles. The minimum absolute atomic E-state index is 0.00542. The second kappa shape index (κ2) is 8.14. The molecule has 0 unspecified atom stereocenters. The molecule has 0 atom stereocenters. The van der Waals surface area contributed by atoms with E-state index in [1.807, 2.05) is 19.1 Å². The molecule has 0 radical (unpaired) electrons. The van der Waals surface area contributed by atoms with Crippen molar-refractivity contribution in [1.82, 2.24) is 9.97 Å². The van der Waals surface area contributed by atoms with E-state index >= 15 is 0 Å². The first-order chi connectivity index (χ1) is 13.0. The van der Waals surface area contributed by atoms with Crippen molar-refractivity contribution >= 4 is 29.0 Å². The van der Waals surface area contributed by atoms with Crippen molar-refractivity contribution < 1.29 is 14.0 Å². The van der Waals surface area contributed by atoms with E-state index < -0.39 is 0 Å². The molecule has 0 aliphatic rings. The Labute approximate surface area is 161 Å². The first-order valence-electron chi connectivity index (χ1n) is 8.43. The van der Waals surface area contributed by atoms with Crippen LogP contribution >= 0.6 is 11.6 Å². The van der Waals surface area contributed by atoms with Crippen LogP contribution in [0.1, 0.15) is 29.6 Å². The predicted molar refractivity (Wildman–Crippen MR) is 103 cm³/mol. The molecule has 0 saturated carbocycles. The maximum Gasteiger partial charge on any atom is 0.226 e. The Morgan fingerprint density at radius 2 is 2.00 bits per heavy atom. The van der Waals surface area contributed by atoms with Gasteiger partial charge in [0.25, 0.3) is 0 Å². The van der Waals surface area contributed by atoms with Crippen LogP contribution in [0.4, 0.5) is 5.69 Å². The third kappa shape index (κ3) is 4.23. The minimum Gasteiger partial charge on any atom is -0.449 e. The van der Waals surface area contributed by atoms with Crippen LogP contribution in [-0.4, -0.2) is 28.7 Å². The Morgan fingerprint density at radius 3 is 2.59 bits per heavy atom. The fraction of sp³-hybridized carbons (Fsp3) is 0.200. The molecule has 27 heavy (non-hydrogen) atoms. The summed E-state index contributed by atoms with van der Waals surface area (Å²) in [5.41, 5.74) is 2.56. The minimum atomic E-state index is -0.127. The Morgan fingerprint density at radius 1 is 1.19 bits per heavy atom. The van der Waals surface area contributed by atoms with Gasteiger partial charge in [-0.05, 0) is 30.3 Å². The number of benzene rings is 1. The lowest BCUT2D eigenvalue weighted by molar-refractivity contribution is -0.118. The van der Waals surface area contributed by atoms with Crippen LogP contribution < -0.4 is 4.90 Å². The molecule has 0 aliphatic heterocycles. The number of anilines is 1. The molecule has 2 heterocycles. The first kappa shape index (κ1) is 18.8. The van der Waals surface area contributed by atoms with Crippen molar-refractivity contribution in [3.63, 3.8) is 0 Å². The molecule has 7 heteroatoms. The summed E-state index contributed by atoms with van der Waals surface area (Å²) in [6, 6.07) is 8.80. The van der Waals surface area contributed by atoms with Gasteiger partial charge < -0.3 is 9.32 Å². The Balaban J connectivity index is 1.78. The SMILES string of the molecule is CCC(=O)N(C)c1ccc(-c2ccc(C(=O)Cc3ncco3)cn2)c(Cl)c1. The van der Waals surface area contributed by atoms with E-state index in [1.54, 1.807) is 30.1 Å². The topological polar surface area (TPSA) is 76.3 Å². The van der Waals surface area contributed by atoms with Gasteiger partial charge in [0.05, 0.1) is 23.3 Å². The van der Waals surface area contributed by atoms with Crippen LogP contribution in [0.25, 0.3) is 11.3 Å². The van der Waals surface area contributed by atoms with Gasteiger partial charge in [0.15, 0.2) is 5.78 Å². The van der Waals surface area contributed by atoms with Gasteiger partial charge in [0.1, 0.15) is 6.26 Å². The summed E-state index contributed by atoms with van der Waals surface area (Å²) in [6.45, 7) is 1.81. The van der Waals surface area contributed by atoms with E-state index in [-0.39, 0.29) is 18.1 Å². The van der Waals surface area contributed by atoms with Crippen LogP contribution in [0.2, 0.25) is 5.02 Å². The number of Topliss-reactive ketones (excluding diaryl/α,β-unsaturated/α-hetero) is 1.